The molecule has 0 radical (unpaired) electrons. The number of nitrogens with zero attached hydrogens (tertiary/aromatic N) is 2. The maximum absolute atomic E-state index is 6.07. The highest BCUT2D eigenvalue weighted by molar-refractivity contribution is 6.35. The molecule has 23 heavy (non-hydrogen) atoms. The van der Waals surface area contributed by atoms with Gasteiger partial charge in [-0.3, -0.25) is 4.90 Å². The van der Waals surface area contributed by atoms with Crippen molar-refractivity contribution in [3.63, 3.8) is 0 Å². The molecule has 1 aromatic heterocycles. The van der Waals surface area contributed by atoms with Crippen molar-refractivity contribution in [1.82, 2.24) is 4.90 Å². The van der Waals surface area contributed by atoms with Crippen LogP contribution in [0.3, 0.4) is 0 Å². The Morgan fingerprint density at radius 2 is 2.17 bits per heavy atom. The summed E-state index contributed by atoms with van der Waals surface area (Å²) in [6, 6.07) is 5.91. The number of anilines is 1. The second-order valence-electron chi connectivity index (χ2n) is 6.84. The first-order chi connectivity index (χ1) is 11.2. The zero-order chi connectivity index (χ0) is 15.4. The van der Waals surface area contributed by atoms with Gasteiger partial charge in [-0.15, -0.1) is 0 Å². The van der Waals surface area contributed by atoms with Crippen molar-refractivity contribution < 1.29 is 9.25 Å². The smallest absolute Gasteiger partial charge is 0.160 e. The van der Waals surface area contributed by atoms with Crippen LogP contribution in [0.4, 0.5) is 5.69 Å². The van der Waals surface area contributed by atoms with Gasteiger partial charge in [-0.1, -0.05) is 16.8 Å². The van der Waals surface area contributed by atoms with Gasteiger partial charge in [-0.25, -0.2) is 0 Å². The molecule has 4 aliphatic rings. The van der Waals surface area contributed by atoms with Gasteiger partial charge in [0, 0.05) is 29.6 Å². The fourth-order valence-corrected chi connectivity index (χ4v) is 4.43. The number of hydrogen-bond acceptors (Lipinski definition) is 5. The molecule has 1 spiro atoms. The van der Waals surface area contributed by atoms with Gasteiger partial charge in [-0.05, 0) is 38.1 Å². The third-order valence-corrected chi connectivity index (χ3v) is 5.74. The normalized spacial score (nSPS) is 32.3. The van der Waals surface area contributed by atoms with E-state index in [0.717, 1.165) is 35.5 Å². The van der Waals surface area contributed by atoms with Crippen LogP contribution in [0.2, 0.25) is 5.02 Å². The molecule has 1 unspecified atom stereocenters. The van der Waals surface area contributed by atoms with Crippen molar-refractivity contribution in [2.45, 2.75) is 24.9 Å². The Kier molecular flexibility index (Phi) is 2.91. The second kappa shape index (κ2) is 4.89. The Labute approximate surface area is 139 Å². The van der Waals surface area contributed by atoms with Gasteiger partial charge >= 0.3 is 0 Å². The molecule has 0 amide bonds. The van der Waals surface area contributed by atoms with E-state index in [9.17, 15) is 0 Å². The van der Waals surface area contributed by atoms with Crippen molar-refractivity contribution in [1.29, 1.82) is 0 Å². The van der Waals surface area contributed by atoms with Gasteiger partial charge in [-0.2, -0.15) is 0 Å². The third kappa shape index (κ3) is 2.14. The summed E-state index contributed by atoms with van der Waals surface area (Å²) in [7, 11) is 0. The predicted octanol–water partition coefficient (Wildman–Crippen LogP) is 3.70. The van der Waals surface area contributed by atoms with Crippen LogP contribution in [-0.4, -0.2) is 36.0 Å². The van der Waals surface area contributed by atoms with Crippen LogP contribution < -0.4 is 5.32 Å². The Morgan fingerprint density at radius 3 is 2.96 bits per heavy atom. The molecule has 0 aliphatic carbocycles. The van der Waals surface area contributed by atoms with Gasteiger partial charge in [0.05, 0.1) is 11.4 Å². The minimum absolute atomic E-state index is 0.114. The molecule has 2 bridgehead atoms. The summed E-state index contributed by atoms with van der Waals surface area (Å²) < 4.78 is 5.45. The highest BCUT2D eigenvalue weighted by atomic mass is 35.5. The summed E-state index contributed by atoms with van der Waals surface area (Å²) in [5.74, 6) is 1.53. The number of amidine groups is 1. The van der Waals surface area contributed by atoms with E-state index in [-0.39, 0.29) is 5.60 Å². The van der Waals surface area contributed by atoms with Crippen LogP contribution >= 0.6 is 11.6 Å². The lowest BCUT2D eigenvalue weighted by Gasteiger charge is -2.49. The summed E-state index contributed by atoms with van der Waals surface area (Å²) in [5, 5.41) is 9.28. The van der Waals surface area contributed by atoms with E-state index in [0.29, 0.717) is 10.9 Å². The molecule has 0 saturated carbocycles. The minimum Gasteiger partial charge on any atom is -0.463 e. The molecule has 3 saturated heterocycles. The van der Waals surface area contributed by atoms with Gasteiger partial charge in [0.2, 0.25) is 0 Å². The predicted molar refractivity (Wildman–Crippen MR) is 89.9 cm³/mol. The maximum atomic E-state index is 6.07. The van der Waals surface area contributed by atoms with E-state index in [4.69, 9.17) is 20.9 Å². The van der Waals surface area contributed by atoms with Crippen LogP contribution in [0, 0.1) is 5.92 Å². The van der Waals surface area contributed by atoms with Gasteiger partial charge in [0.15, 0.2) is 11.4 Å². The number of hydrogen-bond donors (Lipinski definition) is 1. The molecule has 3 fully saturated rings. The highest BCUT2D eigenvalue weighted by Gasteiger charge is 2.52. The third-order valence-electron chi connectivity index (χ3n) is 5.44. The van der Waals surface area contributed by atoms with E-state index < -0.39 is 0 Å². The topological polar surface area (TPSA) is 50.0 Å². The van der Waals surface area contributed by atoms with Crippen molar-refractivity contribution in [3.8, 4) is 0 Å². The molecule has 5 heterocycles. The molecular weight excluding hydrogens is 314 g/mol. The molecule has 6 rings (SSSR count). The summed E-state index contributed by atoms with van der Waals surface area (Å²) in [4.78, 5) is 8.43. The van der Waals surface area contributed by atoms with Crippen LogP contribution in [-0.2, 0) is 4.84 Å². The molecule has 1 aromatic carbocycles. The standard InChI is InChI=1S/C17H18ClN3O2/c18-14-9-22-15-7-12(1-2-13(14)15)19-16-8-17(23-20-16)10-21-5-3-11(17)4-6-21/h1-2,7,9,11H,3-6,8,10H2,(H,19,20). The van der Waals surface area contributed by atoms with Crippen LogP contribution in [0.1, 0.15) is 19.3 Å². The van der Waals surface area contributed by atoms with Gasteiger partial charge in [0.1, 0.15) is 11.8 Å². The van der Waals surface area contributed by atoms with E-state index in [1.54, 1.807) is 6.26 Å². The van der Waals surface area contributed by atoms with Crippen LogP contribution in [0.5, 0.6) is 0 Å². The largest absolute Gasteiger partial charge is 0.463 e. The molecule has 1 atom stereocenters. The van der Waals surface area contributed by atoms with Crippen molar-refractivity contribution in [2.24, 2.45) is 11.1 Å². The average Bonchev–Trinajstić information content (AvgIpc) is 3.13. The Hall–Kier alpha value is -1.72. The maximum Gasteiger partial charge on any atom is 0.160 e. The quantitative estimate of drug-likeness (QED) is 0.865. The van der Waals surface area contributed by atoms with Crippen molar-refractivity contribution >= 4 is 34.1 Å². The lowest BCUT2D eigenvalue weighted by molar-refractivity contribution is -0.136. The lowest BCUT2D eigenvalue weighted by atomic mass is 9.73. The Morgan fingerprint density at radius 1 is 1.30 bits per heavy atom. The van der Waals surface area contributed by atoms with Crippen LogP contribution in [0.25, 0.3) is 11.0 Å². The molecule has 2 aromatic rings. The molecule has 120 valence electrons. The van der Waals surface area contributed by atoms with E-state index in [2.05, 4.69) is 15.4 Å². The number of oxime groups is 1. The number of piperidine rings is 3. The van der Waals surface area contributed by atoms with Crippen molar-refractivity contribution in [2.75, 3.05) is 25.0 Å². The van der Waals surface area contributed by atoms with Gasteiger partial charge < -0.3 is 14.6 Å². The zero-order valence-electron chi connectivity index (χ0n) is 12.7. The fourth-order valence-electron chi connectivity index (χ4n) is 4.23. The SMILES string of the molecule is Clc1coc2cc(NC3=NOC4(C3)CN3CCC4CC3)ccc12. The van der Waals surface area contributed by atoms with E-state index in [1.807, 2.05) is 18.2 Å². The van der Waals surface area contributed by atoms with E-state index >= 15 is 0 Å². The molecule has 4 aliphatic heterocycles. The first-order valence-electron chi connectivity index (χ1n) is 8.13. The number of halogens is 1. The van der Waals surface area contributed by atoms with Gasteiger partial charge in [0.25, 0.3) is 0 Å². The minimum atomic E-state index is -0.114. The van der Waals surface area contributed by atoms with E-state index in [1.165, 1.54) is 25.9 Å². The highest BCUT2D eigenvalue weighted by Crippen LogP contribution is 2.43. The number of furan rings is 1. The van der Waals surface area contributed by atoms with Crippen LogP contribution in [0.15, 0.2) is 34.0 Å². The summed E-state index contributed by atoms with van der Waals surface area (Å²) >= 11 is 6.07. The second-order valence-corrected chi connectivity index (χ2v) is 7.25. The summed E-state index contributed by atoms with van der Waals surface area (Å²) in [6.07, 6.45) is 4.86. The summed E-state index contributed by atoms with van der Waals surface area (Å²) in [6.45, 7) is 3.40. The molecular formula is C17H18ClN3O2. The zero-order valence-corrected chi connectivity index (χ0v) is 13.5. The number of benzene rings is 1. The first-order valence-corrected chi connectivity index (χ1v) is 8.51. The monoisotopic (exact) mass is 331 g/mol. The lowest BCUT2D eigenvalue weighted by Crippen LogP contribution is -2.59. The van der Waals surface area contributed by atoms with Crippen molar-refractivity contribution in [3.05, 3.63) is 29.5 Å². The Balaban J connectivity index is 1.35. The number of nitrogens with one attached hydrogen (secondary N) is 1. The first kappa shape index (κ1) is 13.7. The molecule has 1 N–H and O–H groups in total. The Bertz CT molecular complexity index is 794. The number of fused-ring (bicyclic) bond motifs is 3. The fraction of sp³-hybridized carbons (Fsp3) is 0.471. The summed E-state index contributed by atoms with van der Waals surface area (Å²) in [5.41, 5.74) is 1.61. The number of rotatable bonds is 1. The molecule has 6 heteroatoms. The average molecular weight is 332 g/mol. The molecule has 5 nitrogen and oxygen atoms in total.